The lowest BCUT2D eigenvalue weighted by molar-refractivity contribution is -0.179. The quantitative estimate of drug-likeness (QED) is 0.893. The molecule has 0 spiro atoms. The van der Waals surface area contributed by atoms with Gasteiger partial charge in [0.1, 0.15) is 5.75 Å². The van der Waals surface area contributed by atoms with Gasteiger partial charge in [-0.15, -0.1) is 0 Å². The van der Waals surface area contributed by atoms with E-state index in [0.29, 0.717) is 22.6 Å². The first-order valence-electron chi connectivity index (χ1n) is 7.67. The Morgan fingerprint density at radius 3 is 2.25 bits per heavy atom. The van der Waals surface area contributed by atoms with E-state index >= 15 is 0 Å². The van der Waals surface area contributed by atoms with Crippen LogP contribution in [0, 0.1) is 23.7 Å². The molecule has 4 fully saturated rings. The lowest BCUT2D eigenvalue weighted by atomic mass is 9.48. The average molecular weight is 293 g/mol. The first-order valence-corrected chi connectivity index (χ1v) is 8.05. The molecule has 1 N–H and O–H groups in total. The first kappa shape index (κ1) is 13.0. The van der Waals surface area contributed by atoms with Gasteiger partial charge in [-0.2, -0.15) is 0 Å². The van der Waals surface area contributed by atoms with Crippen LogP contribution in [-0.2, 0) is 5.60 Å². The van der Waals surface area contributed by atoms with Crippen molar-refractivity contribution in [2.75, 3.05) is 7.11 Å². The Kier molecular flexibility index (Phi) is 2.84. The van der Waals surface area contributed by atoms with Gasteiger partial charge in [-0.05, 0) is 73.5 Å². The largest absolute Gasteiger partial charge is 0.495 e. The van der Waals surface area contributed by atoms with Crippen molar-refractivity contribution in [2.45, 2.75) is 37.7 Å². The SMILES string of the molecule is COc1cc(C2(O)C3CC4CC(C3)CC2C4)ccc1Cl. The molecule has 2 nitrogen and oxygen atoms in total. The zero-order valence-corrected chi connectivity index (χ0v) is 12.6. The smallest absolute Gasteiger partial charge is 0.137 e. The highest BCUT2D eigenvalue weighted by Gasteiger charge is 2.57. The Balaban J connectivity index is 1.77. The topological polar surface area (TPSA) is 29.5 Å². The van der Waals surface area contributed by atoms with Gasteiger partial charge in [0.15, 0.2) is 0 Å². The van der Waals surface area contributed by atoms with Crippen molar-refractivity contribution in [3.8, 4) is 5.75 Å². The second-order valence-corrected chi connectivity index (χ2v) is 7.39. The van der Waals surface area contributed by atoms with Crippen molar-refractivity contribution >= 4 is 11.6 Å². The average Bonchev–Trinajstić information content (AvgIpc) is 2.44. The van der Waals surface area contributed by atoms with Crippen LogP contribution in [0.25, 0.3) is 0 Å². The summed E-state index contributed by atoms with van der Waals surface area (Å²) in [7, 11) is 1.63. The summed E-state index contributed by atoms with van der Waals surface area (Å²) in [4.78, 5) is 0. The second kappa shape index (κ2) is 4.38. The van der Waals surface area contributed by atoms with E-state index < -0.39 is 5.60 Å². The van der Waals surface area contributed by atoms with Crippen LogP contribution in [0.3, 0.4) is 0 Å². The molecular formula is C17H21ClO2. The number of aliphatic hydroxyl groups is 1. The van der Waals surface area contributed by atoms with Crippen LogP contribution in [0.15, 0.2) is 18.2 Å². The maximum absolute atomic E-state index is 11.5. The van der Waals surface area contributed by atoms with Gasteiger partial charge in [0.25, 0.3) is 0 Å². The maximum atomic E-state index is 11.5. The fraction of sp³-hybridized carbons (Fsp3) is 0.647. The lowest BCUT2D eigenvalue weighted by Gasteiger charge is -2.59. The van der Waals surface area contributed by atoms with E-state index in [1.165, 1.54) is 32.1 Å². The van der Waals surface area contributed by atoms with Gasteiger partial charge in [0, 0.05) is 0 Å². The Hall–Kier alpha value is -0.730. The number of benzene rings is 1. The van der Waals surface area contributed by atoms with Crippen molar-refractivity contribution in [2.24, 2.45) is 23.7 Å². The number of hydrogen-bond acceptors (Lipinski definition) is 2. The highest BCUT2D eigenvalue weighted by atomic mass is 35.5. The molecule has 0 amide bonds. The highest BCUT2D eigenvalue weighted by molar-refractivity contribution is 6.32. The van der Waals surface area contributed by atoms with Crippen LogP contribution < -0.4 is 4.74 Å². The zero-order chi connectivity index (χ0) is 13.9. The molecule has 4 aliphatic rings. The van der Waals surface area contributed by atoms with Crippen LogP contribution in [-0.4, -0.2) is 12.2 Å². The zero-order valence-electron chi connectivity index (χ0n) is 11.8. The normalized spacial score (nSPS) is 42.0. The van der Waals surface area contributed by atoms with Crippen molar-refractivity contribution in [3.63, 3.8) is 0 Å². The summed E-state index contributed by atoms with van der Waals surface area (Å²) in [6, 6.07) is 5.80. The molecular weight excluding hydrogens is 272 g/mol. The van der Waals surface area contributed by atoms with E-state index in [4.69, 9.17) is 16.3 Å². The van der Waals surface area contributed by atoms with Gasteiger partial charge in [-0.3, -0.25) is 0 Å². The molecule has 0 aliphatic heterocycles. The highest BCUT2D eigenvalue weighted by Crippen LogP contribution is 2.62. The molecule has 0 heterocycles. The molecule has 4 bridgehead atoms. The minimum Gasteiger partial charge on any atom is -0.495 e. The summed E-state index contributed by atoms with van der Waals surface area (Å²) in [6.07, 6.45) is 6.15. The predicted octanol–water partition coefficient (Wildman–Crippen LogP) is 3.99. The second-order valence-electron chi connectivity index (χ2n) is 6.98. The minimum absolute atomic E-state index is 0.421. The molecule has 3 heteroatoms. The summed E-state index contributed by atoms with van der Waals surface area (Å²) >= 11 is 6.12. The maximum Gasteiger partial charge on any atom is 0.137 e. The first-order chi connectivity index (χ1) is 9.61. The molecule has 1 aromatic rings. The molecule has 20 heavy (non-hydrogen) atoms. The van der Waals surface area contributed by atoms with Gasteiger partial charge in [0.2, 0.25) is 0 Å². The lowest BCUT2D eigenvalue weighted by Crippen LogP contribution is -2.55. The summed E-state index contributed by atoms with van der Waals surface area (Å²) < 4.78 is 5.33. The number of methoxy groups -OCH3 is 1. The van der Waals surface area contributed by atoms with Crippen LogP contribution in [0.1, 0.15) is 37.7 Å². The van der Waals surface area contributed by atoms with Crippen LogP contribution >= 0.6 is 11.6 Å². The molecule has 0 saturated heterocycles. The molecule has 1 aromatic carbocycles. The molecule has 108 valence electrons. The minimum atomic E-state index is -0.661. The molecule has 0 unspecified atom stereocenters. The van der Waals surface area contributed by atoms with E-state index in [9.17, 15) is 5.11 Å². The van der Waals surface area contributed by atoms with Gasteiger partial charge in [-0.25, -0.2) is 0 Å². The number of rotatable bonds is 2. The van der Waals surface area contributed by atoms with Crippen molar-refractivity contribution in [1.29, 1.82) is 0 Å². The monoisotopic (exact) mass is 292 g/mol. The van der Waals surface area contributed by atoms with Gasteiger partial charge in [-0.1, -0.05) is 17.7 Å². The summed E-state index contributed by atoms with van der Waals surface area (Å²) in [5.41, 5.74) is 0.346. The summed E-state index contributed by atoms with van der Waals surface area (Å²) in [5, 5.41) is 12.1. The Labute approximate surface area is 125 Å². The number of ether oxygens (including phenoxy) is 1. The van der Waals surface area contributed by atoms with Crippen molar-refractivity contribution < 1.29 is 9.84 Å². The molecule has 4 aliphatic carbocycles. The van der Waals surface area contributed by atoms with Crippen LogP contribution in [0.4, 0.5) is 0 Å². The number of hydrogen-bond donors (Lipinski definition) is 1. The molecule has 0 radical (unpaired) electrons. The van der Waals surface area contributed by atoms with Gasteiger partial charge >= 0.3 is 0 Å². The van der Waals surface area contributed by atoms with E-state index in [1.807, 2.05) is 18.2 Å². The summed E-state index contributed by atoms with van der Waals surface area (Å²) in [5.74, 6) is 3.22. The number of halogens is 1. The standard InChI is InChI=1S/C17H21ClO2/c1-20-16-9-12(2-3-15(16)18)17(19)13-5-10-4-11(7-13)8-14(17)6-10/h2-3,9-11,13-14,19H,4-8H2,1H3. The van der Waals surface area contributed by atoms with E-state index in [1.54, 1.807) is 7.11 Å². The fourth-order valence-electron chi connectivity index (χ4n) is 5.28. The molecule has 5 rings (SSSR count). The van der Waals surface area contributed by atoms with E-state index in [0.717, 1.165) is 17.4 Å². The van der Waals surface area contributed by atoms with Crippen LogP contribution in [0.5, 0.6) is 5.75 Å². The molecule has 0 aromatic heterocycles. The Morgan fingerprint density at radius 1 is 1.10 bits per heavy atom. The summed E-state index contributed by atoms with van der Waals surface area (Å²) in [6.45, 7) is 0. The van der Waals surface area contributed by atoms with E-state index in [-0.39, 0.29) is 0 Å². The molecule has 4 saturated carbocycles. The van der Waals surface area contributed by atoms with Crippen molar-refractivity contribution in [3.05, 3.63) is 28.8 Å². The van der Waals surface area contributed by atoms with Gasteiger partial charge in [0.05, 0.1) is 17.7 Å². The van der Waals surface area contributed by atoms with Crippen LogP contribution in [0.2, 0.25) is 5.02 Å². The molecule has 0 atom stereocenters. The third-order valence-electron chi connectivity index (χ3n) is 6.00. The third kappa shape index (κ3) is 1.67. The van der Waals surface area contributed by atoms with Gasteiger partial charge < -0.3 is 9.84 Å². The Morgan fingerprint density at radius 2 is 1.70 bits per heavy atom. The fourth-order valence-corrected chi connectivity index (χ4v) is 5.48. The van der Waals surface area contributed by atoms with E-state index in [2.05, 4.69) is 0 Å². The third-order valence-corrected chi connectivity index (χ3v) is 6.31. The Bertz CT molecular complexity index is 512. The predicted molar refractivity (Wildman–Crippen MR) is 78.9 cm³/mol. The van der Waals surface area contributed by atoms with Crippen molar-refractivity contribution in [1.82, 2.24) is 0 Å².